The number of carbonyl (C=O) groups excluding carboxylic acids is 1. The van der Waals surface area contributed by atoms with Gasteiger partial charge in [-0.2, -0.15) is 10.5 Å². The van der Waals surface area contributed by atoms with Gasteiger partial charge >= 0.3 is 11.9 Å². The molecule has 6 heteroatoms. The summed E-state index contributed by atoms with van der Waals surface area (Å²) in [6, 6.07) is 2.99. The quantitative estimate of drug-likeness (QED) is 0.507. The lowest BCUT2D eigenvalue weighted by atomic mass is 10.2. The molecule has 6 nitrogen and oxygen atoms in total. The Morgan fingerprint density at radius 2 is 1.73 bits per heavy atom. The molecule has 0 bridgehead atoms. The minimum atomic E-state index is -1.38. The second-order valence-electron chi connectivity index (χ2n) is 2.73. The fraction of sp³-hybridized carbons (Fsp3) is 0.556. The summed E-state index contributed by atoms with van der Waals surface area (Å²) in [5.41, 5.74) is 0. The van der Waals surface area contributed by atoms with Crippen LogP contribution in [0.2, 0.25) is 0 Å². The van der Waals surface area contributed by atoms with Crippen molar-refractivity contribution >= 4 is 11.9 Å². The number of hydrogen-bond donors (Lipinski definition) is 1. The minimum Gasteiger partial charge on any atom is -0.481 e. The first-order chi connectivity index (χ1) is 7.10. The van der Waals surface area contributed by atoms with Crippen LogP contribution in [0.4, 0.5) is 0 Å². The van der Waals surface area contributed by atoms with Crippen LogP contribution in [0.5, 0.6) is 0 Å². The van der Waals surface area contributed by atoms with Crippen molar-refractivity contribution in [2.24, 2.45) is 0 Å². The zero-order chi connectivity index (χ0) is 11.7. The van der Waals surface area contributed by atoms with Gasteiger partial charge in [-0.1, -0.05) is 0 Å². The van der Waals surface area contributed by atoms with E-state index in [4.69, 9.17) is 15.6 Å². The van der Waals surface area contributed by atoms with Crippen LogP contribution < -0.4 is 0 Å². The fourth-order valence-corrected chi connectivity index (χ4v) is 0.818. The van der Waals surface area contributed by atoms with Crippen molar-refractivity contribution in [3.63, 3.8) is 0 Å². The standard InChI is InChI=1S/C9H10N2O4/c10-5-7(6-11)15-9(14)4-2-1-3-8(12)13/h7H,1-4H2,(H,12,13). The average molecular weight is 210 g/mol. The lowest BCUT2D eigenvalue weighted by Crippen LogP contribution is -2.14. The largest absolute Gasteiger partial charge is 0.481 e. The van der Waals surface area contributed by atoms with E-state index in [9.17, 15) is 9.59 Å². The van der Waals surface area contributed by atoms with Gasteiger partial charge in [-0.3, -0.25) is 9.59 Å². The van der Waals surface area contributed by atoms with Crippen LogP contribution in [0.15, 0.2) is 0 Å². The van der Waals surface area contributed by atoms with E-state index in [1.54, 1.807) is 0 Å². The molecular formula is C9H10N2O4. The Hall–Kier alpha value is -2.08. The summed E-state index contributed by atoms with van der Waals surface area (Å²) >= 11 is 0. The van der Waals surface area contributed by atoms with Crippen molar-refractivity contribution < 1.29 is 19.4 Å². The molecule has 0 aliphatic rings. The zero-order valence-electron chi connectivity index (χ0n) is 7.97. The molecule has 0 heterocycles. The monoisotopic (exact) mass is 210 g/mol. The molecule has 0 atom stereocenters. The Balaban J connectivity index is 3.64. The third-order valence-corrected chi connectivity index (χ3v) is 1.51. The molecule has 0 aromatic rings. The molecule has 0 amide bonds. The van der Waals surface area contributed by atoms with Gasteiger partial charge < -0.3 is 9.84 Å². The van der Waals surface area contributed by atoms with Crippen molar-refractivity contribution in [3.05, 3.63) is 0 Å². The summed E-state index contributed by atoms with van der Waals surface area (Å²) in [5.74, 6) is -1.58. The molecule has 0 saturated heterocycles. The molecule has 80 valence electrons. The highest BCUT2D eigenvalue weighted by Gasteiger charge is 2.11. The summed E-state index contributed by atoms with van der Waals surface area (Å²) in [6.45, 7) is 0. The average Bonchev–Trinajstić information content (AvgIpc) is 2.20. The number of aliphatic carboxylic acids is 1. The molecule has 0 aliphatic heterocycles. The van der Waals surface area contributed by atoms with E-state index in [0.29, 0.717) is 12.8 Å². The van der Waals surface area contributed by atoms with Crippen molar-refractivity contribution in [2.45, 2.75) is 31.8 Å². The number of carboxylic acid groups (broad SMARTS) is 1. The molecule has 0 aromatic carbocycles. The van der Waals surface area contributed by atoms with Crippen LogP contribution in [-0.2, 0) is 14.3 Å². The van der Waals surface area contributed by atoms with Crippen molar-refractivity contribution in [2.75, 3.05) is 0 Å². The van der Waals surface area contributed by atoms with Crippen LogP contribution in [0, 0.1) is 22.7 Å². The smallest absolute Gasteiger partial charge is 0.307 e. The van der Waals surface area contributed by atoms with Crippen LogP contribution in [-0.4, -0.2) is 23.1 Å². The Morgan fingerprint density at radius 3 is 2.20 bits per heavy atom. The number of rotatable bonds is 6. The summed E-state index contributed by atoms with van der Waals surface area (Å²) in [7, 11) is 0. The minimum absolute atomic E-state index is 0.00674. The maximum Gasteiger partial charge on any atom is 0.307 e. The predicted octanol–water partition coefficient (Wildman–Crippen LogP) is 0.590. The molecule has 0 unspecified atom stereocenters. The van der Waals surface area contributed by atoms with E-state index >= 15 is 0 Å². The second-order valence-corrected chi connectivity index (χ2v) is 2.73. The van der Waals surface area contributed by atoms with Gasteiger partial charge in [0.05, 0.1) is 0 Å². The lowest BCUT2D eigenvalue weighted by Gasteiger charge is -2.02. The van der Waals surface area contributed by atoms with Gasteiger partial charge in [-0.05, 0) is 12.8 Å². The van der Waals surface area contributed by atoms with Crippen LogP contribution >= 0.6 is 0 Å². The van der Waals surface area contributed by atoms with Crippen molar-refractivity contribution in [1.29, 1.82) is 10.5 Å². The van der Waals surface area contributed by atoms with Gasteiger partial charge in [0.25, 0.3) is 6.10 Å². The lowest BCUT2D eigenvalue weighted by molar-refractivity contribution is -0.145. The van der Waals surface area contributed by atoms with Gasteiger partial charge in [-0.25, -0.2) is 0 Å². The molecule has 0 saturated carbocycles. The number of esters is 1. The molecular weight excluding hydrogens is 200 g/mol. The maximum atomic E-state index is 10.9. The first-order valence-corrected chi connectivity index (χ1v) is 4.30. The van der Waals surface area contributed by atoms with Crippen LogP contribution in [0.25, 0.3) is 0 Å². The Morgan fingerprint density at radius 1 is 1.20 bits per heavy atom. The predicted molar refractivity (Wildman–Crippen MR) is 47.2 cm³/mol. The molecule has 0 spiro atoms. The van der Waals surface area contributed by atoms with Crippen LogP contribution in [0.1, 0.15) is 25.7 Å². The van der Waals surface area contributed by atoms with Crippen LogP contribution in [0.3, 0.4) is 0 Å². The molecule has 0 rings (SSSR count). The normalized spacial score (nSPS) is 9.00. The topological polar surface area (TPSA) is 111 Å². The fourth-order valence-electron chi connectivity index (χ4n) is 0.818. The highest BCUT2D eigenvalue weighted by molar-refractivity contribution is 5.70. The van der Waals surface area contributed by atoms with Crippen molar-refractivity contribution in [3.8, 4) is 12.1 Å². The third-order valence-electron chi connectivity index (χ3n) is 1.51. The number of nitrogens with zero attached hydrogens (tertiary/aromatic N) is 2. The summed E-state index contributed by atoms with van der Waals surface area (Å²) in [6.07, 6.45) is -0.625. The molecule has 1 N–H and O–H groups in total. The van der Waals surface area contributed by atoms with E-state index in [-0.39, 0.29) is 12.8 Å². The molecule has 15 heavy (non-hydrogen) atoms. The molecule has 0 radical (unpaired) electrons. The van der Waals surface area contributed by atoms with Gasteiger partial charge in [0.1, 0.15) is 12.1 Å². The number of carbonyl (C=O) groups is 2. The van der Waals surface area contributed by atoms with Crippen molar-refractivity contribution in [1.82, 2.24) is 0 Å². The first-order valence-electron chi connectivity index (χ1n) is 4.30. The Bertz CT molecular complexity index is 299. The summed E-state index contributed by atoms with van der Waals surface area (Å²) in [4.78, 5) is 21.1. The molecule has 0 aliphatic carbocycles. The molecule has 0 aromatic heterocycles. The van der Waals surface area contributed by atoms with E-state index in [1.165, 1.54) is 12.1 Å². The zero-order valence-corrected chi connectivity index (χ0v) is 7.97. The highest BCUT2D eigenvalue weighted by atomic mass is 16.5. The van der Waals surface area contributed by atoms with E-state index in [1.807, 2.05) is 0 Å². The highest BCUT2D eigenvalue weighted by Crippen LogP contribution is 2.02. The first kappa shape index (κ1) is 12.9. The Labute approximate surface area is 86.7 Å². The summed E-state index contributed by atoms with van der Waals surface area (Å²) < 4.78 is 4.45. The third kappa shape index (κ3) is 7.03. The number of ether oxygens (including phenoxy) is 1. The number of hydrogen-bond acceptors (Lipinski definition) is 5. The maximum absolute atomic E-state index is 10.9. The van der Waals surface area contributed by atoms with Gasteiger partial charge in [0, 0.05) is 12.8 Å². The number of carboxylic acids is 1. The van der Waals surface area contributed by atoms with Gasteiger partial charge in [0.15, 0.2) is 0 Å². The van der Waals surface area contributed by atoms with E-state index < -0.39 is 18.0 Å². The van der Waals surface area contributed by atoms with Gasteiger partial charge in [0.2, 0.25) is 0 Å². The van der Waals surface area contributed by atoms with E-state index in [2.05, 4.69) is 4.74 Å². The SMILES string of the molecule is N#CC(C#N)OC(=O)CCCCC(=O)O. The Kier molecular flexibility index (Phi) is 6.32. The van der Waals surface area contributed by atoms with Gasteiger partial charge in [-0.15, -0.1) is 0 Å². The number of nitriles is 2. The van der Waals surface area contributed by atoms with E-state index in [0.717, 1.165) is 0 Å². The second kappa shape index (κ2) is 7.34. The number of unbranched alkanes of at least 4 members (excludes halogenated alkanes) is 1. The summed E-state index contributed by atoms with van der Waals surface area (Å²) in [5, 5.41) is 24.9. The molecule has 0 fully saturated rings.